The molecular weight excluding hydrogens is 243 g/mol. The number of rotatable bonds is 3. The van der Waals surface area contributed by atoms with Gasteiger partial charge in [-0.25, -0.2) is 0 Å². The lowest BCUT2D eigenvalue weighted by atomic mass is 10.1. The van der Waals surface area contributed by atoms with Gasteiger partial charge in [-0.2, -0.15) is 18.3 Å². The van der Waals surface area contributed by atoms with E-state index in [1.165, 1.54) is 6.07 Å². The van der Waals surface area contributed by atoms with Gasteiger partial charge in [-0.15, -0.1) is 0 Å². The lowest BCUT2D eigenvalue weighted by Crippen LogP contribution is -2.04. The second-order valence-electron chi connectivity index (χ2n) is 3.78. The van der Waals surface area contributed by atoms with Crippen molar-refractivity contribution in [2.24, 2.45) is 0 Å². The molecule has 0 aliphatic rings. The summed E-state index contributed by atoms with van der Waals surface area (Å²) in [5, 5.41) is 9.64. The first-order chi connectivity index (χ1) is 8.50. The maximum Gasteiger partial charge on any atom is 0.416 e. The Morgan fingerprint density at radius 1 is 1.28 bits per heavy atom. The SMILES string of the molecule is CCNc1cc(-c2cccc(C(F)(F)F)c2)[nH]n1. The van der Waals surface area contributed by atoms with Gasteiger partial charge in [0.25, 0.3) is 0 Å². The smallest absolute Gasteiger partial charge is 0.369 e. The minimum Gasteiger partial charge on any atom is -0.369 e. The quantitative estimate of drug-likeness (QED) is 0.880. The molecule has 96 valence electrons. The number of aromatic amines is 1. The van der Waals surface area contributed by atoms with Crippen LogP contribution in [0.3, 0.4) is 0 Å². The molecule has 0 unspecified atom stereocenters. The number of H-pyrrole nitrogens is 1. The van der Waals surface area contributed by atoms with Crippen LogP contribution < -0.4 is 5.32 Å². The number of alkyl halides is 3. The van der Waals surface area contributed by atoms with Crippen molar-refractivity contribution < 1.29 is 13.2 Å². The average Bonchev–Trinajstić information content (AvgIpc) is 2.77. The third-order valence-corrected chi connectivity index (χ3v) is 2.44. The van der Waals surface area contributed by atoms with E-state index in [0.717, 1.165) is 12.1 Å². The molecule has 0 bridgehead atoms. The van der Waals surface area contributed by atoms with Gasteiger partial charge in [-0.1, -0.05) is 12.1 Å². The first kappa shape index (κ1) is 12.5. The van der Waals surface area contributed by atoms with Gasteiger partial charge >= 0.3 is 6.18 Å². The zero-order chi connectivity index (χ0) is 13.2. The number of nitrogens with one attached hydrogen (secondary N) is 2. The number of nitrogens with zero attached hydrogens (tertiary/aromatic N) is 1. The summed E-state index contributed by atoms with van der Waals surface area (Å²) in [6.45, 7) is 2.62. The van der Waals surface area contributed by atoms with E-state index in [2.05, 4.69) is 15.5 Å². The molecule has 18 heavy (non-hydrogen) atoms. The van der Waals surface area contributed by atoms with E-state index < -0.39 is 11.7 Å². The topological polar surface area (TPSA) is 40.7 Å². The monoisotopic (exact) mass is 255 g/mol. The molecule has 1 aromatic heterocycles. The van der Waals surface area contributed by atoms with E-state index in [1.807, 2.05) is 6.92 Å². The number of anilines is 1. The number of benzene rings is 1. The summed E-state index contributed by atoms with van der Waals surface area (Å²) >= 11 is 0. The average molecular weight is 255 g/mol. The minimum atomic E-state index is -4.33. The number of aromatic nitrogens is 2. The number of hydrogen-bond acceptors (Lipinski definition) is 2. The fraction of sp³-hybridized carbons (Fsp3) is 0.250. The van der Waals surface area contributed by atoms with Crippen LogP contribution in [0.5, 0.6) is 0 Å². The molecule has 2 aromatic rings. The molecule has 0 aliphatic carbocycles. The van der Waals surface area contributed by atoms with Crippen LogP contribution in [0.1, 0.15) is 12.5 Å². The van der Waals surface area contributed by atoms with E-state index in [1.54, 1.807) is 12.1 Å². The van der Waals surface area contributed by atoms with Gasteiger partial charge in [0, 0.05) is 18.2 Å². The Hall–Kier alpha value is -1.98. The molecule has 2 rings (SSSR count). The van der Waals surface area contributed by atoms with Gasteiger partial charge < -0.3 is 5.32 Å². The first-order valence-corrected chi connectivity index (χ1v) is 5.47. The predicted molar refractivity (Wildman–Crippen MR) is 63.2 cm³/mol. The van der Waals surface area contributed by atoms with Crippen molar-refractivity contribution in [2.75, 3.05) is 11.9 Å². The summed E-state index contributed by atoms with van der Waals surface area (Å²) in [5.41, 5.74) is 0.345. The Kier molecular flexibility index (Phi) is 3.27. The van der Waals surface area contributed by atoms with Crippen molar-refractivity contribution in [3.8, 4) is 11.3 Å². The number of hydrogen-bond donors (Lipinski definition) is 2. The first-order valence-electron chi connectivity index (χ1n) is 5.47. The van der Waals surface area contributed by atoms with Crippen LogP contribution in [0.2, 0.25) is 0 Å². The molecule has 3 nitrogen and oxygen atoms in total. The largest absolute Gasteiger partial charge is 0.416 e. The maximum absolute atomic E-state index is 12.6. The van der Waals surface area contributed by atoms with E-state index in [0.29, 0.717) is 23.6 Å². The summed E-state index contributed by atoms with van der Waals surface area (Å²) in [4.78, 5) is 0. The standard InChI is InChI=1S/C12H12F3N3/c1-2-16-11-7-10(17-18-11)8-4-3-5-9(6-8)12(13,14)15/h3-7H,2H2,1H3,(H2,16,17,18). The second-order valence-corrected chi connectivity index (χ2v) is 3.78. The van der Waals surface area contributed by atoms with Crippen LogP contribution in [0, 0.1) is 0 Å². The maximum atomic E-state index is 12.6. The Labute approximate surface area is 102 Å². The van der Waals surface area contributed by atoms with Crippen molar-refractivity contribution in [3.63, 3.8) is 0 Å². The Morgan fingerprint density at radius 3 is 2.72 bits per heavy atom. The third kappa shape index (κ3) is 2.64. The Bertz CT molecular complexity index is 531. The summed E-state index contributed by atoms with van der Waals surface area (Å²) in [5.74, 6) is 0.616. The summed E-state index contributed by atoms with van der Waals surface area (Å²) in [7, 11) is 0. The Morgan fingerprint density at radius 2 is 2.06 bits per heavy atom. The van der Waals surface area contributed by atoms with Gasteiger partial charge in [0.2, 0.25) is 0 Å². The number of halogens is 3. The molecular formula is C12H12F3N3. The molecule has 1 heterocycles. The highest BCUT2D eigenvalue weighted by Gasteiger charge is 2.30. The molecule has 0 fully saturated rings. The molecule has 6 heteroatoms. The van der Waals surface area contributed by atoms with Crippen LogP contribution in [-0.4, -0.2) is 16.7 Å². The highest BCUT2D eigenvalue weighted by atomic mass is 19.4. The molecule has 0 spiro atoms. The molecule has 0 amide bonds. The fourth-order valence-corrected chi connectivity index (χ4v) is 1.60. The highest BCUT2D eigenvalue weighted by Crippen LogP contribution is 2.31. The summed E-state index contributed by atoms with van der Waals surface area (Å²) < 4.78 is 37.7. The molecule has 2 N–H and O–H groups in total. The molecule has 0 atom stereocenters. The van der Waals surface area contributed by atoms with E-state index in [4.69, 9.17) is 0 Å². The summed E-state index contributed by atoms with van der Waals surface area (Å²) in [6, 6.07) is 6.82. The minimum absolute atomic E-state index is 0.460. The highest BCUT2D eigenvalue weighted by molar-refractivity contribution is 5.63. The molecule has 0 radical (unpaired) electrons. The third-order valence-electron chi connectivity index (χ3n) is 2.44. The zero-order valence-electron chi connectivity index (χ0n) is 9.67. The summed E-state index contributed by atoms with van der Waals surface area (Å²) in [6.07, 6.45) is -4.33. The van der Waals surface area contributed by atoms with Crippen LogP contribution in [0.25, 0.3) is 11.3 Å². The van der Waals surface area contributed by atoms with Crippen molar-refractivity contribution in [3.05, 3.63) is 35.9 Å². The molecule has 0 saturated carbocycles. The van der Waals surface area contributed by atoms with Crippen LogP contribution >= 0.6 is 0 Å². The van der Waals surface area contributed by atoms with Crippen LogP contribution in [0.15, 0.2) is 30.3 Å². The van der Waals surface area contributed by atoms with Gasteiger partial charge in [0.05, 0.1) is 11.3 Å². The molecule has 0 aliphatic heterocycles. The fourth-order valence-electron chi connectivity index (χ4n) is 1.60. The lowest BCUT2D eigenvalue weighted by molar-refractivity contribution is -0.137. The lowest BCUT2D eigenvalue weighted by Gasteiger charge is -2.07. The zero-order valence-corrected chi connectivity index (χ0v) is 9.67. The van der Waals surface area contributed by atoms with Crippen LogP contribution in [0.4, 0.5) is 19.0 Å². The van der Waals surface area contributed by atoms with Gasteiger partial charge in [-0.3, -0.25) is 5.10 Å². The van der Waals surface area contributed by atoms with E-state index in [-0.39, 0.29) is 0 Å². The van der Waals surface area contributed by atoms with Gasteiger partial charge in [0.1, 0.15) is 5.82 Å². The Balaban J connectivity index is 2.32. The van der Waals surface area contributed by atoms with Crippen molar-refractivity contribution in [2.45, 2.75) is 13.1 Å². The van der Waals surface area contributed by atoms with Gasteiger partial charge in [0.15, 0.2) is 0 Å². The molecule has 0 saturated heterocycles. The second kappa shape index (κ2) is 4.72. The molecule has 1 aromatic carbocycles. The predicted octanol–water partition coefficient (Wildman–Crippen LogP) is 3.53. The van der Waals surface area contributed by atoms with Crippen molar-refractivity contribution >= 4 is 5.82 Å². The van der Waals surface area contributed by atoms with Crippen LogP contribution in [-0.2, 0) is 6.18 Å². The van der Waals surface area contributed by atoms with E-state index in [9.17, 15) is 13.2 Å². The van der Waals surface area contributed by atoms with Crippen molar-refractivity contribution in [1.82, 2.24) is 10.2 Å². The van der Waals surface area contributed by atoms with Crippen molar-refractivity contribution in [1.29, 1.82) is 0 Å². The van der Waals surface area contributed by atoms with E-state index >= 15 is 0 Å². The van der Waals surface area contributed by atoms with Gasteiger partial charge in [-0.05, 0) is 19.1 Å². The normalized spacial score (nSPS) is 11.6.